The Morgan fingerprint density at radius 2 is 2.40 bits per heavy atom. The van der Waals surface area contributed by atoms with Gasteiger partial charge in [0.05, 0.1) is 18.9 Å². The van der Waals surface area contributed by atoms with E-state index in [4.69, 9.17) is 4.74 Å². The largest absolute Gasteiger partial charge is 0.372 e. The van der Waals surface area contributed by atoms with E-state index in [0.717, 1.165) is 19.5 Å². The first-order chi connectivity index (χ1) is 4.85. The van der Waals surface area contributed by atoms with Crippen LogP contribution in [0.25, 0.3) is 0 Å². The fraction of sp³-hybridized carbons (Fsp3) is 1.00. The zero-order chi connectivity index (χ0) is 7.03. The predicted molar refractivity (Wildman–Crippen MR) is 35.6 cm³/mol. The molecule has 2 rings (SSSR count). The molecular weight excluding hydrogens is 133 g/mol. The van der Waals surface area contributed by atoms with E-state index >= 15 is 0 Å². The minimum atomic E-state index is -0.220. The summed E-state index contributed by atoms with van der Waals surface area (Å²) in [6.07, 6.45) is 0.913. The molecule has 1 unspecified atom stereocenters. The van der Waals surface area contributed by atoms with Crippen LogP contribution in [0.5, 0.6) is 0 Å². The second kappa shape index (κ2) is 2.17. The van der Waals surface area contributed by atoms with Gasteiger partial charge in [-0.1, -0.05) is 0 Å². The quantitative estimate of drug-likeness (QED) is 0.574. The highest BCUT2D eigenvalue weighted by Gasteiger charge is 2.44. The van der Waals surface area contributed by atoms with Crippen LogP contribution in [0.15, 0.2) is 0 Å². The molecule has 0 aromatic rings. The molecule has 0 radical (unpaired) electrons. The molecule has 0 bridgehead atoms. The van der Waals surface area contributed by atoms with Gasteiger partial charge in [-0.05, 0) is 6.42 Å². The molecule has 0 saturated carbocycles. The smallest absolute Gasteiger partial charge is 0.0945 e. The molecule has 0 aromatic heterocycles. The molecule has 2 aliphatic heterocycles. The zero-order valence-electron chi connectivity index (χ0n) is 5.90. The van der Waals surface area contributed by atoms with Crippen LogP contribution >= 0.6 is 0 Å². The molecule has 1 N–H and O–H groups in total. The molecule has 0 aliphatic carbocycles. The van der Waals surface area contributed by atoms with Crippen molar-refractivity contribution in [2.75, 3.05) is 26.4 Å². The third-order valence-corrected chi connectivity index (χ3v) is 2.40. The van der Waals surface area contributed by atoms with Gasteiger partial charge in [-0.2, -0.15) is 0 Å². The van der Waals surface area contributed by atoms with Gasteiger partial charge in [0.15, 0.2) is 0 Å². The highest BCUT2D eigenvalue weighted by Crippen LogP contribution is 2.33. The van der Waals surface area contributed by atoms with Crippen LogP contribution in [0.3, 0.4) is 0 Å². The maximum absolute atomic E-state index is 12.1. The predicted octanol–water partition coefficient (Wildman–Crippen LogP) is 0.334. The van der Waals surface area contributed by atoms with Crippen molar-refractivity contribution in [3.8, 4) is 0 Å². The molecule has 1 spiro atoms. The Kier molecular flexibility index (Phi) is 1.42. The van der Waals surface area contributed by atoms with Gasteiger partial charge in [-0.15, -0.1) is 0 Å². The van der Waals surface area contributed by atoms with Gasteiger partial charge in [0.1, 0.15) is 0 Å². The van der Waals surface area contributed by atoms with E-state index in [1.807, 2.05) is 0 Å². The van der Waals surface area contributed by atoms with Gasteiger partial charge in [0, 0.05) is 19.0 Å². The highest BCUT2D eigenvalue weighted by atomic mass is 19.1. The number of hydrogen-bond donors (Lipinski definition) is 1. The number of halogens is 1. The van der Waals surface area contributed by atoms with Crippen molar-refractivity contribution in [3.63, 3.8) is 0 Å². The van der Waals surface area contributed by atoms with Crippen LogP contribution in [0.4, 0.5) is 4.39 Å². The highest BCUT2D eigenvalue weighted by molar-refractivity contribution is 4.99. The van der Waals surface area contributed by atoms with Crippen molar-refractivity contribution in [2.24, 2.45) is 5.92 Å². The fourth-order valence-electron chi connectivity index (χ4n) is 1.69. The van der Waals surface area contributed by atoms with E-state index in [1.165, 1.54) is 0 Å². The summed E-state index contributed by atoms with van der Waals surface area (Å²) in [7, 11) is 0. The van der Waals surface area contributed by atoms with Gasteiger partial charge >= 0.3 is 0 Å². The summed E-state index contributed by atoms with van der Waals surface area (Å²) in [4.78, 5) is 0. The summed E-state index contributed by atoms with van der Waals surface area (Å²) >= 11 is 0. The summed E-state index contributed by atoms with van der Waals surface area (Å²) < 4.78 is 17.6. The van der Waals surface area contributed by atoms with E-state index in [1.54, 1.807) is 0 Å². The number of hydrogen-bond acceptors (Lipinski definition) is 2. The molecule has 58 valence electrons. The Morgan fingerprint density at radius 3 is 2.70 bits per heavy atom. The van der Waals surface area contributed by atoms with Crippen LogP contribution in [-0.4, -0.2) is 32.0 Å². The molecular formula is C7H12FNO. The van der Waals surface area contributed by atoms with Crippen LogP contribution in [0.2, 0.25) is 0 Å². The first-order valence-electron chi connectivity index (χ1n) is 3.75. The lowest BCUT2D eigenvalue weighted by Gasteiger charge is -2.38. The Balaban J connectivity index is 1.92. The molecule has 2 aliphatic rings. The number of nitrogens with one attached hydrogen (secondary N) is 1. The monoisotopic (exact) mass is 145 g/mol. The van der Waals surface area contributed by atoms with Crippen molar-refractivity contribution < 1.29 is 9.13 Å². The zero-order valence-corrected chi connectivity index (χ0v) is 5.90. The minimum Gasteiger partial charge on any atom is -0.372 e. The van der Waals surface area contributed by atoms with Crippen molar-refractivity contribution in [3.05, 3.63) is 0 Å². The van der Waals surface area contributed by atoms with Crippen molar-refractivity contribution in [2.45, 2.75) is 12.0 Å². The van der Waals surface area contributed by atoms with Gasteiger partial charge in [-0.3, -0.25) is 4.39 Å². The third-order valence-electron chi connectivity index (χ3n) is 2.40. The van der Waals surface area contributed by atoms with Crippen molar-refractivity contribution >= 4 is 0 Å². The maximum Gasteiger partial charge on any atom is 0.0945 e. The van der Waals surface area contributed by atoms with Crippen LogP contribution in [-0.2, 0) is 4.74 Å². The lowest BCUT2D eigenvalue weighted by molar-refractivity contribution is -0.0363. The standard InChI is InChI=1S/C7H12FNO/c8-2-6-1-7(10-3-6)4-9-5-7/h6,9H,1-5H2. The van der Waals surface area contributed by atoms with Gasteiger partial charge in [0.25, 0.3) is 0 Å². The molecule has 0 amide bonds. The average Bonchev–Trinajstić information content (AvgIpc) is 2.29. The summed E-state index contributed by atoms with van der Waals surface area (Å²) in [5.41, 5.74) is 0.0384. The molecule has 2 saturated heterocycles. The van der Waals surface area contributed by atoms with Crippen molar-refractivity contribution in [1.29, 1.82) is 0 Å². The number of rotatable bonds is 1. The topological polar surface area (TPSA) is 21.3 Å². The van der Waals surface area contributed by atoms with Gasteiger partial charge in [-0.25, -0.2) is 0 Å². The van der Waals surface area contributed by atoms with Gasteiger partial charge in [0.2, 0.25) is 0 Å². The van der Waals surface area contributed by atoms with Crippen LogP contribution in [0, 0.1) is 5.92 Å². The SMILES string of the molecule is FCC1COC2(CNC2)C1. The van der Waals surface area contributed by atoms with Crippen LogP contribution in [0.1, 0.15) is 6.42 Å². The lowest BCUT2D eigenvalue weighted by atomic mass is 9.90. The molecule has 10 heavy (non-hydrogen) atoms. The van der Waals surface area contributed by atoms with E-state index < -0.39 is 0 Å². The van der Waals surface area contributed by atoms with E-state index in [0.29, 0.717) is 6.61 Å². The molecule has 1 atom stereocenters. The van der Waals surface area contributed by atoms with E-state index in [9.17, 15) is 4.39 Å². The summed E-state index contributed by atoms with van der Waals surface area (Å²) in [5, 5.41) is 3.14. The molecule has 2 nitrogen and oxygen atoms in total. The van der Waals surface area contributed by atoms with Crippen molar-refractivity contribution in [1.82, 2.24) is 5.32 Å². The minimum absolute atomic E-state index is 0.0384. The maximum atomic E-state index is 12.1. The number of alkyl halides is 1. The van der Waals surface area contributed by atoms with E-state index in [2.05, 4.69) is 5.32 Å². The fourth-order valence-corrected chi connectivity index (χ4v) is 1.69. The average molecular weight is 145 g/mol. The second-order valence-corrected chi connectivity index (χ2v) is 3.32. The first kappa shape index (κ1) is 6.55. The first-order valence-corrected chi connectivity index (χ1v) is 3.75. The third kappa shape index (κ3) is 0.847. The molecule has 2 fully saturated rings. The Hall–Kier alpha value is -0.150. The summed E-state index contributed by atoms with van der Waals surface area (Å²) in [6, 6.07) is 0. The van der Waals surface area contributed by atoms with Gasteiger partial charge < -0.3 is 10.1 Å². The Bertz CT molecular complexity index is 136. The summed E-state index contributed by atoms with van der Waals surface area (Å²) in [6.45, 7) is 2.24. The lowest BCUT2D eigenvalue weighted by Crippen LogP contribution is -2.59. The molecule has 0 aromatic carbocycles. The normalized spacial score (nSPS) is 36.3. The summed E-state index contributed by atoms with van der Waals surface area (Å²) in [5.74, 6) is 0.169. The second-order valence-electron chi connectivity index (χ2n) is 3.32. The molecule has 3 heteroatoms. The molecule has 2 heterocycles. The van der Waals surface area contributed by atoms with E-state index in [-0.39, 0.29) is 18.2 Å². The van der Waals surface area contributed by atoms with Crippen LogP contribution < -0.4 is 5.32 Å². The number of ether oxygens (including phenoxy) is 1. The Morgan fingerprint density at radius 1 is 1.60 bits per heavy atom. The Labute approximate surface area is 59.7 Å².